The number of halogens is 1. The lowest BCUT2D eigenvalue weighted by atomic mass is 10.1. The van der Waals surface area contributed by atoms with Crippen LogP contribution in [0.25, 0.3) is 11.4 Å². The first-order chi connectivity index (χ1) is 17.0. The SMILES string of the molecule is CCC(C(=O)NC1CCCC1)N(C(=O)Cn1nnc(-c2ccc(Cl)cc2)n1)c1ccccc1OC. The second kappa shape index (κ2) is 11.3. The van der Waals surface area contributed by atoms with Gasteiger partial charge in [-0.05, 0) is 60.9 Å². The molecule has 0 saturated heterocycles. The Balaban J connectivity index is 1.60. The van der Waals surface area contributed by atoms with Gasteiger partial charge in [-0.25, -0.2) is 0 Å². The van der Waals surface area contributed by atoms with E-state index in [9.17, 15) is 9.59 Å². The molecule has 2 aromatic carbocycles. The van der Waals surface area contributed by atoms with Crippen molar-refractivity contribution in [2.24, 2.45) is 0 Å². The molecule has 1 unspecified atom stereocenters. The van der Waals surface area contributed by atoms with Crippen LogP contribution in [0.4, 0.5) is 5.69 Å². The van der Waals surface area contributed by atoms with Crippen molar-refractivity contribution in [2.45, 2.75) is 57.7 Å². The summed E-state index contributed by atoms with van der Waals surface area (Å²) in [4.78, 5) is 29.7. The quantitative estimate of drug-likeness (QED) is 0.482. The van der Waals surface area contributed by atoms with Crippen LogP contribution in [0, 0.1) is 0 Å². The number of nitrogens with one attached hydrogen (secondary N) is 1. The number of hydrogen-bond donors (Lipinski definition) is 1. The minimum absolute atomic E-state index is 0.144. The highest BCUT2D eigenvalue weighted by Crippen LogP contribution is 2.31. The summed E-state index contributed by atoms with van der Waals surface area (Å²) in [6, 6.07) is 13.7. The van der Waals surface area contributed by atoms with Crippen LogP contribution < -0.4 is 15.0 Å². The molecule has 35 heavy (non-hydrogen) atoms. The van der Waals surface area contributed by atoms with Gasteiger partial charge in [0.25, 0.3) is 5.91 Å². The maximum absolute atomic E-state index is 13.7. The number of tetrazole rings is 1. The Morgan fingerprint density at radius 3 is 2.57 bits per heavy atom. The van der Waals surface area contributed by atoms with Crippen molar-refractivity contribution in [3.63, 3.8) is 0 Å². The second-order valence-corrected chi connectivity index (χ2v) is 8.94. The third kappa shape index (κ3) is 5.79. The van der Waals surface area contributed by atoms with Crippen molar-refractivity contribution in [2.75, 3.05) is 12.0 Å². The molecule has 1 atom stereocenters. The van der Waals surface area contributed by atoms with Crippen molar-refractivity contribution in [1.29, 1.82) is 0 Å². The van der Waals surface area contributed by atoms with Gasteiger partial charge in [0.2, 0.25) is 11.7 Å². The van der Waals surface area contributed by atoms with Crippen LogP contribution in [0.2, 0.25) is 5.02 Å². The summed E-state index contributed by atoms with van der Waals surface area (Å²) in [6.07, 6.45) is 4.56. The highest BCUT2D eigenvalue weighted by Gasteiger charge is 2.33. The minimum atomic E-state index is -0.710. The number of para-hydroxylation sites is 2. The van der Waals surface area contributed by atoms with Gasteiger partial charge in [-0.1, -0.05) is 43.5 Å². The van der Waals surface area contributed by atoms with Gasteiger partial charge in [-0.3, -0.25) is 14.5 Å². The van der Waals surface area contributed by atoms with Gasteiger partial charge in [0.05, 0.1) is 12.8 Å². The largest absolute Gasteiger partial charge is 0.495 e. The highest BCUT2D eigenvalue weighted by atomic mass is 35.5. The van der Waals surface area contributed by atoms with Gasteiger partial charge in [0.1, 0.15) is 18.3 Å². The first kappa shape index (κ1) is 24.7. The summed E-state index contributed by atoms with van der Waals surface area (Å²) in [7, 11) is 1.54. The molecule has 9 nitrogen and oxygen atoms in total. The van der Waals surface area contributed by atoms with Crippen LogP contribution >= 0.6 is 11.6 Å². The van der Waals surface area contributed by atoms with E-state index in [2.05, 4.69) is 20.7 Å². The number of rotatable bonds is 9. The molecule has 2 amide bonds. The average molecular weight is 497 g/mol. The fraction of sp³-hybridized carbons (Fsp3) is 0.400. The van der Waals surface area contributed by atoms with Gasteiger partial charge in [-0.15, -0.1) is 10.2 Å². The van der Waals surface area contributed by atoms with Crippen LogP contribution in [-0.2, 0) is 16.1 Å². The van der Waals surface area contributed by atoms with Crippen molar-refractivity contribution in [3.8, 4) is 17.1 Å². The number of benzene rings is 2. The van der Waals surface area contributed by atoms with Gasteiger partial charge in [0.15, 0.2) is 0 Å². The van der Waals surface area contributed by atoms with E-state index in [0.29, 0.717) is 28.7 Å². The third-order valence-electron chi connectivity index (χ3n) is 6.15. The fourth-order valence-electron chi connectivity index (χ4n) is 4.38. The number of carbonyl (C=O) groups is 2. The smallest absolute Gasteiger partial charge is 0.251 e. The summed E-state index contributed by atoms with van der Waals surface area (Å²) in [6.45, 7) is 1.70. The van der Waals surface area contributed by atoms with E-state index in [-0.39, 0.29) is 24.4 Å². The van der Waals surface area contributed by atoms with E-state index in [1.807, 2.05) is 19.1 Å². The molecule has 1 heterocycles. The molecule has 1 aromatic heterocycles. The van der Waals surface area contributed by atoms with E-state index in [0.717, 1.165) is 31.2 Å². The Kier molecular flexibility index (Phi) is 7.97. The molecule has 184 valence electrons. The van der Waals surface area contributed by atoms with Crippen LogP contribution in [0.3, 0.4) is 0 Å². The highest BCUT2D eigenvalue weighted by molar-refractivity contribution is 6.30. The van der Waals surface area contributed by atoms with Gasteiger partial charge in [0, 0.05) is 16.6 Å². The molecule has 1 fully saturated rings. The fourth-order valence-corrected chi connectivity index (χ4v) is 4.51. The molecule has 10 heteroatoms. The zero-order valence-corrected chi connectivity index (χ0v) is 20.6. The number of hydrogen-bond acceptors (Lipinski definition) is 6. The Bertz CT molecular complexity index is 1160. The molecule has 0 radical (unpaired) electrons. The van der Waals surface area contributed by atoms with Crippen molar-refractivity contribution >= 4 is 29.1 Å². The first-order valence-electron chi connectivity index (χ1n) is 11.8. The lowest BCUT2D eigenvalue weighted by Gasteiger charge is -2.32. The van der Waals surface area contributed by atoms with Crippen molar-refractivity contribution in [3.05, 3.63) is 53.6 Å². The van der Waals surface area contributed by atoms with Crippen LogP contribution in [0.5, 0.6) is 5.75 Å². The van der Waals surface area contributed by atoms with Crippen molar-refractivity contribution < 1.29 is 14.3 Å². The summed E-state index contributed by atoms with van der Waals surface area (Å²) >= 11 is 5.96. The predicted molar refractivity (Wildman–Crippen MR) is 133 cm³/mol. The average Bonchev–Trinajstić information content (AvgIpc) is 3.55. The number of methoxy groups -OCH3 is 1. The molecule has 3 aromatic rings. The molecule has 1 aliphatic rings. The summed E-state index contributed by atoms with van der Waals surface area (Å²) < 4.78 is 5.52. The first-order valence-corrected chi connectivity index (χ1v) is 12.2. The number of nitrogens with zero attached hydrogens (tertiary/aromatic N) is 5. The minimum Gasteiger partial charge on any atom is -0.495 e. The maximum Gasteiger partial charge on any atom is 0.251 e. The van der Waals surface area contributed by atoms with E-state index < -0.39 is 6.04 Å². The topological polar surface area (TPSA) is 102 Å². The summed E-state index contributed by atoms with van der Waals surface area (Å²) in [5.41, 5.74) is 1.25. The van der Waals surface area contributed by atoms with Crippen LogP contribution in [0.1, 0.15) is 39.0 Å². The second-order valence-electron chi connectivity index (χ2n) is 8.50. The molecule has 1 saturated carbocycles. The Labute approximate surface area is 209 Å². The molecular weight excluding hydrogens is 468 g/mol. The standard InChI is InChI=1S/C25H29ClN6O3/c1-3-20(25(34)27-19-8-4-5-9-19)32(21-10-6-7-11-22(21)35-2)23(33)16-31-29-24(28-30-31)17-12-14-18(26)15-13-17/h6-7,10-15,19-20H,3-5,8-9,16H2,1-2H3,(H,27,34). The zero-order valence-electron chi connectivity index (χ0n) is 19.9. The van der Waals surface area contributed by atoms with Crippen LogP contribution in [0.15, 0.2) is 48.5 Å². The third-order valence-corrected chi connectivity index (χ3v) is 6.40. The molecule has 4 rings (SSSR count). The molecule has 1 aliphatic carbocycles. The lowest BCUT2D eigenvalue weighted by molar-refractivity contribution is -0.127. The molecule has 0 bridgehead atoms. The normalized spacial score (nSPS) is 14.5. The van der Waals surface area contributed by atoms with E-state index in [1.165, 1.54) is 9.70 Å². The molecule has 1 N–H and O–H groups in total. The van der Waals surface area contributed by atoms with Gasteiger partial charge < -0.3 is 10.1 Å². The number of anilines is 1. The lowest BCUT2D eigenvalue weighted by Crippen LogP contribution is -2.52. The molecule has 0 spiro atoms. The monoisotopic (exact) mass is 496 g/mol. The number of aromatic nitrogens is 4. The molecule has 0 aliphatic heterocycles. The van der Waals surface area contributed by atoms with Crippen molar-refractivity contribution in [1.82, 2.24) is 25.5 Å². The number of carbonyl (C=O) groups excluding carboxylic acids is 2. The van der Waals surface area contributed by atoms with E-state index in [4.69, 9.17) is 16.3 Å². The van der Waals surface area contributed by atoms with E-state index >= 15 is 0 Å². The zero-order chi connectivity index (χ0) is 24.8. The van der Waals surface area contributed by atoms with Crippen LogP contribution in [-0.4, -0.2) is 51.2 Å². The Hall–Kier alpha value is -3.46. The Morgan fingerprint density at radius 1 is 1.17 bits per heavy atom. The summed E-state index contributed by atoms with van der Waals surface area (Å²) in [5.74, 6) is 0.362. The Morgan fingerprint density at radius 2 is 1.89 bits per heavy atom. The predicted octanol–water partition coefficient (Wildman–Crippen LogP) is 3.87. The number of ether oxygens (including phenoxy) is 1. The maximum atomic E-state index is 13.7. The molecular formula is C25H29ClN6O3. The number of amides is 2. The van der Waals surface area contributed by atoms with E-state index in [1.54, 1.807) is 43.5 Å². The van der Waals surface area contributed by atoms with Gasteiger partial charge in [-0.2, -0.15) is 4.80 Å². The van der Waals surface area contributed by atoms with Gasteiger partial charge >= 0.3 is 0 Å². The summed E-state index contributed by atoms with van der Waals surface area (Å²) in [5, 5.41) is 16.2.